The van der Waals surface area contributed by atoms with Crippen LogP contribution in [0.25, 0.3) is 21.9 Å². The van der Waals surface area contributed by atoms with Crippen molar-refractivity contribution in [3.8, 4) is 16.9 Å². The van der Waals surface area contributed by atoms with Crippen LogP contribution in [0.15, 0.2) is 48.7 Å². The zero-order chi connectivity index (χ0) is 18.1. The number of anilines is 1. The summed E-state index contributed by atoms with van der Waals surface area (Å²) in [5, 5.41) is 11.6. The predicted octanol–water partition coefficient (Wildman–Crippen LogP) is 3.11. The largest absolute Gasteiger partial charge is 0.508 e. The summed E-state index contributed by atoms with van der Waals surface area (Å²) < 4.78 is 0. The fourth-order valence-corrected chi connectivity index (χ4v) is 3.65. The second-order valence-corrected chi connectivity index (χ2v) is 7.10. The first-order chi connectivity index (χ1) is 12.6. The number of benzene rings is 2. The van der Waals surface area contributed by atoms with Crippen molar-refractivity contribution in [1.82, 2.24) is 9.88 Å². The SMILES string of the molecule is Nc1ncc(-c2ccc(O)cc2)c2cc(CN3CCC(N)CC3)ccc12. The second-order valence-electron chi connectivity index (χ2n) is 7.10. The van der Waals surface area contributed by atoms with E-state index >= 15 is 0 Å². The van der Waals surface area contributed by atoms with E-state index in [0.717, 1.165) is 54.4 Å². The summed E-state index contributed by atoms with van der Waals surface area (Å²) in [6.45, 7) is 3.00. The molecule has 134 valence electrons. The number of aromatic nitrogens is 1. The Morgan fingerprint density at radius 3 is 2.50 bits per heavy atom. The normalized spacial score (nSPS) is 16.2. The molecule has 1 aromatic heterocycles. The number of fused-ring (bicyclic) bond motifs is 1. The van der Waals surface area contributed by atoms with Crippen LogP contribution in [-0.4, -0.2) is 34.1 Å². The molecule has 0 spiro atoms. The molecule has 1 saturated heterocycles. The van der Waals surface area contributed by atoms with Gasteiger partial charge in [-0.3, -0.25) is 4.90 Å². The van der Waals surface area contributed by atoms with E-state index in [0.29, 0.717) is 11.9 Å². The fraction of sp³-hybridized carbons (Fsp3) is 0.286. The predicted molar refractivity (Wildman–Crippen MR) is 106 cm³/mol. The highest BCUT2D eigenvalue weighted by atomic mass is 16.3. The molecule has 3 aromatic rings. The topological polar surface area (TPSA) is 88.4 Å². The first-order valence-corrected chi connectivity index (χ1v) is 9.04. The third-order valence-corrected chi connectivity index (χ3v) is 5.20. The maximum atomic E-state index is 9.56. The molecule has 5 nitrogen and oxygen atoms in total. The summed E-state index contributed by atoms with van der Waals surface area (Å²) in [4.78, 5) is 6.80. The highest BCUT2D eigenvalue weighted by Crippen LogP contribution is 2.32. The van der Waals surface area contributed by atoms with Crippen molar-refractivity contribution in [3.63, 3.8) is 0 Å². The van der Waals surface area contributed by atoms with Crippen LogP contribution in [-0.2, 0) is 6.54 Å². The molecule has 26 heavy (non-hydrogen) atoms. The van der Waals surface area contributed by atoms with Gasteiger partial charge in [-0.1, -0.05) is 24.3 Å². The van der Waals surface area contributed by atoms with Crippen LogP contribution < -0.4 is 11.5 Å². The molecule has 2 aromatic carbocycles. The Labute approximate surface area is 153 Å². The van der Waals surface area contributed by atoms with Crippen LogP contribution >= 0.6 is 0 Å². The molecule has 5 heteroatoms. The van der Waals surface area contributed by atoms with Crippen molar-refractivity contribution in [3.05, 3.63) is 54.2 Å². The number of nitrogens with two attached hydrogens (primary N) is 2. The third kappa shape index (κ3) is 3.36. The van der Waals surface area contributed by atoms with E-state index in [1.54, 1.807) is 12.1 Å². The lowest BCUT2D eigenvalue weighted by Crippen LogP contribution is -2.39. The average molecular weight is 348 g/mol. The van der Waals surface area contributed by atoms with Crippen molar-refractivity contribution in [1.29, 1.82) is 0 Å². The van der Waals surface area contributed by atoms with Gasteiger partial charge in [0.2, 0.25) is 0 Å². The standard InChI is InChI=1S/C21H24N4O/c22-16-7-9-25(10-8-16)13-14-1-6-18-19(11-14)20(12-24-21(18)23)15-2-4-17(26)5-3-15/h1-6,11-12,16,26H,7-10,13,22H2,(H2,23,24). The van der Waals surface area contributed by atoms with Gasteiger partial charge in [-0.25, -0.2) is 4.98 Å². The van der Waals surface area contributed by atoms with Crippen molar-refractivity contribution in [2.24, 2.45) is 5.73 Å². The quantitative estimate of drug-likeness (QED) is 0.677. The first-order valence-electron chi connectivity index (χ1n) is 9.04. The van der Waals surface area contributed by atoms with E-state index in [2.05, 4.69) is 28.1 Å². The van der Waals surface area contributed by atoms with Gasteiger partial charge in [0.15, 0.2) is 0 Å². The van der Waals surface area contributed by atoms with Crippen LogP contribution in [0.3, 0.4) is 0 Å². The van der Waals surface area contributed by atoms with Crippen LogP contribution in [0.5, 0.6) is 5.75 Å². The molecule has 1 fully saturated rings. The molecular weight excluding hydrogens is 324 g/mol. The average Bonchev–Trinajstić information content (AvgIpc) is 2.65. The Hall–Kier alpha value is -2.63. The number of nitrogen functional groups attached to an aromatic ring is 1. The molecule has 4 rings (SSSR count). The molecule has 1 aliphatic rings. The minimum absolute atomic E-state index is 0.255. The molecule has 0 atom stereocenters. The molecule has 0 unspecified atom stereocenters. The molecule has 5 N–H and O–H groups in total. The minimum Gasteiger partial charge on any atom is -0.508 e. The fourth-order valence-electron chi connectivity index (χ4n) is 3.65. The van der Waals surface area contributed by atoms with Crippen molar-refractivity contribution >= 4 is 16.6 Å². The first kappa shape index (κ1) is 16.8. The van der Waals surface area contributed by atoms with E-state index in [4.69, 9.17) is 11.5 Å². The van der Waals surface area contributed by atoms with Gasteiger partial charge in [0.1, 0.15) is 11.6 Å². The van der Waals surface area contributed by atoms with Crippen LogP contribution in [0.1, 0.15) is 18.4 Å². The summed E-state index contributed by atoms with van der Waals surface area (Å²) in [6.07, 6.45) is 3.93. The number of nitrogens with zero attached hydrogens (tertiary/aromatic N) is 2. The number of rotatable bonds is 3. The maximum absolute atomic E-state index is 9.56. The molecular formula is C21H24N4O. The van der Waals surface area contributed by atoms with Crippen molar-refractivity contribution in [2.45, 2.75) is 25.4 Å². The monoisotopic (exact) mass is 348 g/mol. The van der Waals surface area contributed by atoms with Crippen LogP contribution in [0, 0.1) is 0 Å². The molecule has 0 saturated carbocycles. The second kappa shape index (κ2) is 6.94. The van der Waals surface area contributed by atoms with Crippen molar-refractivity contribution < 1.29 is 5.11 Å². The number of likely N-dealkylation sites (tertiary alicyclic amines) is 1. The van der Waals surface area contributed by atoms with Crippen molar-refractivity contribution in [2.75, 3.05) is 18.8 Å². The number of piperidine rings is 1. The molecule has 2 heterocycles. The zero-order valence-corrected chi connectivity index (χ0v) is 14.7. The Balaban J connectivity index is 1.71. The van der Waals surface area contributed by atoms with Gasteiger partial charge in [0.25, 0.3) is 0 Å². The van der Waals surface area contributed by atoms with Gasteiger partial charge >= 0.3 is 0 Å². The number of hydrogen-bond donors (Lipinski definition) is 3. The van der Waals surface area contributed by atoms with Gasteiger partial charge in [-0.2, -0.15) is 0 Å². The molecule has 1 aliphatic heterocycles. The lowest BCUT2D eigenvalue weighted by molar-refractivity contribution is 0.206. The van der Waals surface area contributed by atoms with Gasteiger partial charge < -0.3 is 16.6 Å². The number of pyridine rings is 1. The number of aromatic hydroxyl groups is 1. The van der Waals surface area contributed by atoms with Gasteiger partial charge in [0.05, 0.1) is 0 Å². The van der Waals surface area contributed by atoms with Gasteiger partial charge in [-0.05, 0) is 60.6 Å². The molecule has 0 aliphatic carbocycles. The van der Waals surface area contributed by atoms with E-state index in [-0.39, 0.29) is 5.75 Å². The van der Waals surface area contributed by atoms with Crippen LogP contribution in [0.2, 0.25) is 0 Å². The Bertz CT molecular complexity index is 915. The minimum atomic E-state index is 0.255. The maximum Gasteiger partial charge on any atom is 0.131 e. The molecule has 0 radical (unpaired) electrons. The molecule has 0 bridgehead atoms. The third-order valence-electron chi connectivity index (χ3n) is 5.20. The highest BCUT2D eigenvalue weighted by molar-refractivity contribution is 6.01. The zero-order valence-electron chi connectivity index (χ0n) is 14.7. The lowest BCUT2D eigenvalue weighted by atomic mass is 9.98. The number of phenolic OH excluding ortho intramolecular Hbond substituents is 1. The summed E-state index contributed by atoms with van der Waals surface area (Å²) >= 11 is 0. The molecule has 0 amide bonds. The summed E-state index contributed by atoms with van der Waals surface area (Å²) in [7, 11) is 0. The van der Waals surface area contributed by atoms with Gasteiger partial charge in [0, 0.05) is 29.7 Å². The van der Waals surface area contributed by atoms with Crippen LogP contribution in [0.4, 0.5) is 5.82 Å². The smallest absolute Gasteiger partial charge is 0.131 e. The summed E-state index contributed by atoms with van der Waals surface area (Å²) in [5.74, 6) is 0.795. The van der Waals surface area contributed by atoms with E-state index in [1.165, 1.54) is 5.56 Å². The van der Waals surface area contributed by atoms with E-state index < -0.39 is 0 Å². The highest BCUT2D eigenvalue weighted by Gasteiger charge is 2.16. The van der Waals surface area contributed by atoms with E-state index in [1.807, 2.05) is 18.3 Å². The Morgan fingerprint density at radius 2 is 1.77 bits per heavy atom. The van der Waals surface area contributed by atoms with E-state index in [9.17, 15) is 5.11 Å². The summed E-state index contributed by atoms with van der Waals surface area (Å²) in [5.41, 5.74) is 15.4. The lowest BCUT2D eigenvalue weighted by Gasteiger charge is -2.30. The number of phenols is 1. The Morgan fingerprint density at radius 1 is 1.04 bits per heavy atom. The van der Waals surface area contributed by atoms with Gasteiger partial charge in [-0.15, -0.1) is 0 Å². The summed E-state index contributed by atoms with van der Waals surface area (Å²) in [6, 6.07) is 13.9. The number of hydrogen-bond acceptors (Lipinski definition) is 5. The Kier molecular flexibility index (Phi) is 4.49.